The molecule has 0 aliphatic heterocycles. The molecule has 0 radical (unpaired) electrons. The number of rotatable bonds is 5. The van der Waals surface area contributed by atoms with Crippen LogP contribution in [0.5, 0.6) is 5.75 Å². The highest BCUT2D eigenvalue weighted by Crippen LogP contribution is 2.31. The Morgan fingerprint density at radius 1 is 1.25 bits per heavy atom. The second-order valence-electron chi connectivity index (χ2n) is 4.66. The molecule has 0 spiro atoms. The molecule has 0 fully saturated rings. The molecule has 0 aliphatic rings. The molecule has 0 aromatic heterocycles. The van der Waals surface area contributed by atoms with E-state index in [0.29, 0.717) is 5.92 Å². The number of aryl methyl sites for hydroxylation is 1. The second kappa shape index (κ2) is 6.15. The van der Waals surface area contributed by atoms with E-state index in [4.69, 9.17) is 16.3 Å². The summed E-state index contributed by atoms with van der Waals surface area (Å²) in [5.74, 6) is 1.61. The minimum atomic E-state index is 0.119. The fraction of sp³-hybridized carbons (Fsp3) is 0.571. The quantitative estimate of drug-likeness (QED) is 0.677. The average molecular weight is 241 g/mol. The van der Waals surface area contributed by atoms with Crippen LogP contribution in [0.15, 0.2) is 18.2 Å². The Labute approximate surface area is 104 Å². The van der Waals surface area contributed by atoms with Gasteiger partial charge in [-0.3, -0.25) is 0 Å². The fourth-order valence-corrected chi connectivity index (χ4v) is 2.13. The zero-order valence-corrected chi connectivity index (χ0v) is 11.3. The van der Waals surface area contributed by atoms with Gasteiger partial charge in [0.15, 0.2) is 0 Å². The second-order valence-corrected chi connectivity index (χ2v) is 5.19. The predicted octanol–water partition coefficient (Wildman–Crippen LogP) is 4.72. The maximum absolute atomic E-state index is 6.41. The number of ether oxygens (including phenoxy) is 1. The molecule has 0 N–H and O–H groups in total. The number of halogens is 1. The Kier molecular flexibility index (Phi) is 5.14. The summed E-state index contributed by atoms with van der Waals surface area (Å²) in [6.07, 6.45) is 2.20. The summed E-state index contributed by atoms with van der Waals surface area (Å²) in [4.78, 5) is 0. The molecule has 1 aromatic carbocycles. The van der Waals surface area contributed by atoms with E-state index in [0.717, 1.165) is 12.2 Å². The molecule has 1 aromatic rings. The molecule has 1 unspecified atom stereocenters. The van der Waals surface area contributed by atoms with E-state index in [9.17, 15) is 0 Å². The van der Waals surface area contributed by atoms with E-state index in [1.807, 2.05) is 12.1 Å². The molecule has 0 bridgehead atoms. The summed E-state index contributed by atoms with van der Waals surface area (Å²) < 4.78 is 5.18. The van der Waals surface area contributed by atoms with Crippen LogP contribution in [0.3, 0.4) is 0 Å². The summed E-state index contributed by atoms with van der Waals surface area (Å²) >= 11 is 6.41. The highest BCUT2D eigenvalue weighted by molar-refractivity contribution is 6.20. The van der Waals surface area contributed by atoms with E-state index in [1.165, 1.54) is 17.5 Å². The molecular weight excluding hydrogens is 220 g/mol. The lowest BCUT2D eigenvalue weighted by molar-refractivity contribution is 0.414. The third-order valence-electron chi connectivity index (χ3n) is 2.81. The SMILES string of the molecule is COc1ccc(C(Cl)CCC(C)C)c(C)c1. The molecule has 1 rings (SSSR count). The number of alkyl halides is 1. The van der Waals surface area contributed by atoms with Gasteiger partial charge in [0.05, 0.1) is 12.5 Å². The normalized spacial score (nSPS) is 12.9. The molecule has 0 saturated carbocycles. The third kappa shape index (κ3) is 3.71. The monoisotopic (exact) mass is 240 g/mol. The first-order chi connectivity index (χ1) is 7.54. The van der Waals surface area contributed by atoms with Crippen molar-refractivity contribution in [2.45, 2.75) is 39.0 Å². The molecule has 1 nitrogen and oxygen atoms in total. The van der Waals surface area contributed by atoms with Crippen LogP contribution in [0.2, 0.25) is 0 Å². The molecule has 0 saturated heterocycles. The molecule has 0 aliphatic carbocycles. The number of benzene rings is 1. The molecule has 2 heteroatoms. The van der Waals surface area contributed by atoms with Crippen molar-refractivity contribution in [1.29, 1.82) is 0 Å². The van der Waals surface area contributed by atoms with Crippen LogP contribution < -0.4 is 4.74 Å². The smallest absolute Gasteiger partial charge is 0.119 e. The highest BCUT2D eigenvalue weighted by atomic mass is 35.5. The van der Waals surface area contributed by atoms with Crippen LogP contribution in [0.25, 0.3) is 0 Å². The Hall–Kier alpha value is -0.690. The van der Waals surface area contributed by atoms with Gasteiger partial charge in [-0.05, 0) is 48.9 Å². The molecule has 90 valence electrons. The summed E-state index contributed by atoms with van der Waals surface area (Å²) in [5, 5.41) is 0.119. The zero-order valence-electron chi connectivity index (χ0n) is 10.6. The Morgan fingerprint density at radius 2 is 1.94 bits per heavy atom. The van der Waals surface area contributed by atoms with Gasteiger partial charge in [0.25, 0.3) is 0 Å². The van der Waals surface area contributed by atoms with Crippen molar-refractivity contribution in [3.8, 4) is 5.75 Å². The summed E-state index contributed by atoms with van der Waals surface area (Å²) in [7, 11) is 1.69. The summed E-state index contributed by atoms with van der Waals surface area (Å²) in [6.45, 7) is 6.54. The number of methoxy groups -OCH3 is 1. The largest absolute Gasteiger partial charge is 0.497 e. The van der Waals surface area contributed by atoms with Gasteiger partial charge in [-0.15, -0.1) is 11.6 Å². The lowest BCUT2D eigenvalue weighted by Gasteiger charge is -2.14. The molecule has 1 atom stereocenters. The van der Waals surface area contributed by atoms with Gasteiger partial charge in [-0.1, -0.05) is 19.9 Å². The summed E-state index contributed by atoms with van der Waals surface area (Å²) in [6, 6.07) is 6.10. The van der Waals surface area contributed by atoms with Crippen molar-refractivity contribution in [3.05, 3.63) is 29.3 Å². The van der Waals surface area contributed by atoms with E-state index in [1.54, 1.807) is 7.11 Å². The fourth-order valence-electron chi connectivity index (χ4n) is 1.76. The lowest BCUT2D eigenvalue weighted by atomic mass is 9.99. The van der Waals surface area contributed by atoms with Gasteiger partial charge in [-0.2, -0.15) is 0 Å². The topological polar surface area (TPSA) is 9.23 Å². The minimum Gasteiger partial charge on any atom is -0.497 e. The molecule has 0 amide bonds. The first-order valence-electron chi connectivity index (χ1n) is 5.83. The van der Waals surface area contributed by atoms with Crippen LogP contribution in [0.1, 0.15) is 43.2 Å². The van der Waals surface area contributed by atoms with E-state index in [2.05, 4.69) is 26.8 Å². The number of hydrogen-bond acceptors (Lipinski definition) is 1. The maximum Gasteiger partial charge on any atom is 0.119 e. The van der Waals surface area contributed by atoms with E-state index in [-0.39, 0.29) is 5.38 Å². The van der Waals surface area contributed by atoms with Crippen molar-refractivity contribution in [2.24, 2.45) is 5.92 Å². The van der Waals surface area contributed by atoms with Gasteiger partial charge >= 0.3 is 0 Å². The lowest BCUT2D eigenvalue weighted by Crippen LogP contribution is -1.97. The van der Waals surface area contributed by atoms with Crippen LogP contribution >= 0.6 is 11.6 Å². The van der Waals surface area contributed by atoms with E-state index >= 15 is 0 Å². The van der Waals surface area contributed by atoms with Crippen LogP contribution in [0, 0.1) is 12.8 Å². The van der Waals surface area contributed by atoms with Crippen LogP contribution in [-0.2, 0) is 0 Å². The predicted molar refractivity (Wildman–Crippen MR) is 70.4 cm³/mol. The zero-order chi connectivity index (χ0) is 12.1. The van der Waals surface area contributed by atoms with Gasteiger partial charge in [0, 0.05) is 0 Å². The van der Waals surface area contributed by atoms with Crippen LogP contribution in [0.4, 0.5) is 0 Å². The Morgan fingerprint density at radius 3 is 2.44 bits per heavy atom. The van der Waals surface area contributed by atoms with Crippen molar-refractivity contribution in [1.82, 2.24) is 0 Å². The van der Waals surface area contributed by atoms with Crippen molar-refractivity contribution >= 4 is 11.6 Å². The first-order valence-corrected chi connectivity index (χ1v) is 6.26. The summed E-state index contributed by atoms with van der Waals surface area (Å²) in [5.41, 5.74) is 2.44. The molecule has 16 heavy (non-hydrogen) atoms. The van der Waals surface area contributed by atoms with Crippen molar-refractivity contribution in [3.63, 3.8) is 0 Å². The minimum absolute atomic E-state index is 0.119. The first kappa shape index (κ1) is 13.4. The van der Waals surface area contributed by atoms with Crippen molar-refractivity contribution < 1.29 is 4.74 Å². The standard InChI is InChI=1S/C14H21ClO/c1-10(2)5-8-14(15)13-7-6-12(16-4)9-11(13)3/h6-7,9-10,14H,5,8H2,1-4H3. The van der Waals surface area contributed by atoms with Crippen LogP contribution in [-0.4, -0.2) is 7.11 Å². The van der Waals surface area contributed by atoms with Gasteiger partial charge in [0.1, 0.15) is 5.75 Å². The maximum atomic E-state index is 6.41. The molecular formula is C14H21ClO. The van der Waals surface area contributed by atoms with Gasteiger partial charge < -0.3 is 4.74 Å². The Balaban J connectivity index is 2.71. The highest BCUT2D eigenvalue weighted by Gasteiger charge is 2.11. The van der Waals surface area contributed by atoms with E-state index < -0.39 is 0 Å². The Bertz CT molecular complexity index is 334. The number of hydrogen-bond donors (Lipinski definition) is 0. The molecule has 0 heterocycles. The third-order valence-corrected chi connectivity index (χ3v) is 3.27. The van der Waals surface area contributed by atoms with Gasteiger partial charge in [-0.25, -0.2) is 0 Å². The average Bonchev–Trinajstić information content (AvgIpc) is 2.25. The van der Waals surface area contributed by atoms with Crippen molar-refractivity contribution in [2.75, 3.05) is 7.11 Å². The van der Waals surface area contributed by atoms with Gasteiger partial charge in [0.2, 0.25) is 0 Å².